The average molecular weight is 424 g/mol. The fourth-order valence-corrected chi connectivity index (χ4v) is 5.21. The van der Waals surface area contributed by atoms with E-state index in [2.05, 4.69) is 22.9 Å². The summed E-state index contributed by atoms with van der Waals surface area (Å²) in [4.78, 5) is 20.5. The van der Waals surface area contributed by atoms with Crippen molar-refractivity contribution >= 4 is 5.91 Å². The Labute approximate surface area is 186 Å². The Morgan fingerprint density at radius 2 is 1.87 bits per heavy atom. The van der Waals surface area contributed by atoms with Crippen molar-refractivity contribution in [1.82, 2.24) is 14.5 Å². The van der Waals surface area contributed by atoms with Gasteiger partial charge in [-0.3, -0.25) is 4.79 Å². The molecule has 2 heterocycles. The van der Waals surface area contributed by atoms with Crippen molar-refractivity contribution in [1.29, 1.82) is 0 Å². The van der Waals surface area contributed by atoms with Gasteiger partial charge in [-0.05, 0) is 31.7 Å². The summed E-state index contributed by atoms with van der Waals surface area (Å²) in [6.45, 7) is 2.13. The molecule has 1 aliphatic carbocycles. The van der Waals surface area contributed by atoms with Crippen LogP contribution in [0.5, 0.6) is 0 Å². The maximum Gasteiger partial charge on any atom is 0.240 e. The summed E-state index contributed by atoms with van der Waals surface area (Å²) in [5.41, 5.74) is 14.1. The Hall–Kier alpha value is -2.18. The molecule has 2 aromatic rings. The number of carbonyl (C=O) groups excluding carboxylic acids is 1. The van der Waals surface area contributed by atoms with Gasteiger partial charge in [0.1, 0.15) is 5.82 Å². The van der Waals surface area contributed by atoms with Gasteiger partial charge in [-0.1, -0.05) is 68.9 Å². The summed E-state index contributed by atoms with van der Waals surface area (Å²) in [6.07, 6.45) is 12.1. The number of unbranched alkanes of at least 4 members (excludes halogenated alkanes) is 1. The second-order valence-electron chi connectivity index (χ2n) is 9.22. The zero-order valence-electron chi connectivity index (χ0n) is 18.6. The number of nitrogens with zero attached hydrogens (tertiary/aromatic N) is 3. The van der Waals surface area contributed by atoms with Crippen molar-refractivity contribution in [2.45, 2.75) is 76.4 Å². The number of benzene rings is 1. The molecule has 31 heavy (non-hydrogen) atoms. The summed E-state index contributed by atoms with van der Waals surface area (Å²) < 4.78 is 2.26. The predicted octanol–water partition coefficient (Wildman–Crippen LogP) is 3.86. The van der Waals surface area contributed by atoms with E-state index >= 15 is 0 Å². The van der Waals surface area contributed by atoms with Crippen molar-refractivity contribution in [3.05, 3.63) is 42.4 Å². The van der Waals surface area contributed by atoms with E-state index in [9.17, 15) is 4.79 Å². The van der Waals surface area contributed by atoms with Crippen LogP contribution >= 0.6 is 0 Å². The number of fused-ring (bicyclic) bond motifs is 1. The van der Waals surface area contributed by atoms with Gasteiger partial charge in [-0.15, -0.1) is 0 Å². The quantitative estimate of drug-likeness (QED) is 0.631. The van der Waals surface area contributed by atoms with E-state index in [1.54, 1.807) is 0 Å². The lowest BCUT2D eigenvalue weighted by Gasteiger charge is -2.39. The van der Waals surface area contributed by atoms with Crippen molar-refractivity contribution in [3.63, 3.8) is 0 Å². The SMILES string of the molecule is NCCCC[C@H](N)C(=O)N1CCn2cc(-c3ccccc3)nc2[C@@H]1CC1CCCCC1. The average Bonchev–Trinajstić information content (AvgIpc) is 3.25. The number of aromatic nitrogens is 2. The van der Waals surface area contributed by atoms with Gasteiger partial charge in [0.2, 0.25) is 5.91 Å². The van der Waals surface area contributed by atoms with E-state index < -0.39 is 6.04 Å². The van der Waals surface area contributed by atoms with Crippen LogP contribution in [0.25, 0.3) is 11.3 Å². The van der Waals surface area contributed by atoms with Gasteiger partial charge in [-0.2, -0.15) is 0 Å². The summed E-state index contributed by atoms with van der Waals surface area (Å²) in [7, 11) is 0. The van der Waals surface area contributed by atoms with Gasteiger partial charge < -0.3 is 20.9 Å². The first-order valence-electron chi connectivity index (χ1n) is 12.1. The van der Waals surface area contributed by atoms with Crippen molar-refractivity contribution in [2.24, 2.45) is 17.4 Å². The number of imidazole rings is 1. The van der Waals surface area contributed by atoms with E-state index in [0.29, 0.717) is 25.4 Å². The highest BCUT2D eigenvalue weighted by Crippen LogP contribution is 2.37. The Kier molecular flexibility index (Phi) is 7.41. The van der Waals surface area contributed by atoms with Crippen LogP contribution in [-0.4, -0.2) is 39.5 Å². The molecule has 2 aliphatic rings. The smallest absolute Gasteiger partial charge is 0.240 e. The molecule has 6 heteroatoms. The number of carbonyl (C=O) groups is 1. The third-order valence-electron chi connectivity index (χ3n) is 6.98. The highest BCUT2D eigenvalue weighted by atomic mass is 16.2. The van der Waals surface area contributed by atoms with Crippen LogP contribution in [0.1, 0.15) is 69.7 Å². The number of rotatable bonds is 8. The molecule has 0 unspecified atom stereocenters. The highest BCUT2D eigenvalue weighted by Gasteiger charge is 2.36. The predicted molar refractivity (Wildman–Crippen MR) is 124 cm³/mol. The maximum atomic E-state index is 13.4. The van der Waals surface area contributed by atoms with Gasteiger partial charge in [0.15, 0.2) is 0 Å². The Morgan fingerprint density at radius 1 is 1.10 bits per heavy atom. The van der Waals surface area contributed by atoms with E-state index in [1.807, 2.05) is 23.1 Å². The first kappa shape index (κ1) is 22.0. The van der Waals surface area contributed by atoms with Crippen LogP contribution in [0.3, 0.4) is 0 Å². The fraction of sp³-hybridized carbons (Fsp3) is 0.600. The van der Waals surface area contributed by atoms with Crippen molar-refractivity contribution in [3.8, 4) is 11.3 Å². The molecule has 0 saturated heterocycles. The maximum absolute atomic E-state index is 13.4. The van der Waals surface area contributed by atoms with E-state index in [0.717, 1.165) is 42.9 Å². The molecule has 4 rings (SSSR count). The molecule has 0 bridgehead atoms. The summed E-state index contributed by atoms with van der Waals surface area (Å²) in [6, 6.07) is 9.88. The molecule has 1 aromatic carbocycles. The number of hydrogen-bond acceptors (Lipinski definition) is 4. The monoisotopic (exact) mass is 423 g/mol. The third-order valence-corrected chi connectivity index (χ3v) is 6.98. The molecule has 168 valence electrons. The largest absolute Gasteiger partial charge is 0.331 e. The lowest BCUT2D eigenvalue weighted by molar-refractivity contribution is -0.137. The first-order valence-corrected chi connectivity index (χ1v) is 12.1. The Bertz CT molecular complexity index is 843. The molecule has 1 saturated carbocycles. The van der Waals surface area contributed by atoms with E-state index in [-0.39, 0.29) is 11.9 Å². The first-order chi connectivity index (χ1) is 15.2. The third kappa shape index (κ3) is 5.18. The van der Waals surface area contributed by atoms with Crippen LogP contribution in [-0.2, 0) is 11.3 Å². The molecule has 1 fully saturated rings. The summed E-state index contributed by atoms with van der Waals surface area (Å²) in [5, 5.41) is 0. The number of nitrogens with two attached hydrogens (primary N) is 2. The zero-order chi connectivity index (χ0) is 21.6. The molecule has 0 spiro atoms. The molecule has 0 radical (unpaired) electrons. The minimum atomic E-state index is -0.449. The molecule has 6 nitrogen and oxygen atoms in total. The van der Waals surface area contributed by atoms with Gasteiger partial charge in [0, 0.05) is 24.8 Å². The fourth-order valence-electron chi connectivity index (χ4n) is 5.21. The van der Waals surface area contributed by atoms with Gasteiger partial charge in [0.05, 0.1) is 17.8 Å². The van der Waals surface area contributed by atoms with Crippen LogP contribution < -0.4 is 11.5 Å². The van der Waals surface area contributed by atoms with Crippen molar-refractivity contribution < 1.29 is 4.79 Å². The molecule has 1 aliphatic heterocycles. The number of hydrogen-bond donors (Lipinski definition) is 2. The van der Waals surface area contributed by atoms with E-state index in [4.69, 9.17) is 16.5 Å². The topological polar surface area (TPSA) is 90.2 Å². The number of amides is 1. The Balaban J connectivity index is 1.58. The van der Waals surface area contributed by atoms with E-state index in [1.165, 1.54) is 32.1 Å². The Morgan fingerprint density at radius 3 is 2.61 bits per heavy atom. The zero-order valence-corrected chi connectivity index (χ0v) is 18.6. The molecule has 1 aromatic heterocycles. The molecular formula is C25H37N5O. The molecular weight excluding hydrogens is 386 g/mol. The second-order valence-corrected chi connectivity index (χ2v) is 9.22. The minimum Gasteiger partial charge on any atom is -0.331 e. The molecule has 1 amide bonds. The minimum absolute atomic E-state index is 0.0161. The normalized spacial score (nSPS) is 20.5. The van der Waals surface area contributed by atoms with Crippen LogP contribution in [0.15, 0.2) is 36.5 Å². The lowest BCUT2D eigenvalue weighted by Crippen LogP contribution is -2.49. The lowest BCUT2D eigenvalue weighted by atomic mass is 9.84. The summed E-state index contributed by atoms with van der Waals surface area (Å²) >= 11 is 0. The highest BCUT2D eigenvalue weighted by molar-refractivity contribution is 5.82. The van der Waals surface area contributed by atoms with Crippen molar-refractivity contribution in [2.75, 3.05) is 13.1 Å². The van der Waals surface area contributed by atoms with Gasteiger partial charge in [-0.25, -0.2) is 4.98 Å². The van der Waals surface area contributed by atoms with Crippen LogP contribution in [0.4, 0.5) is 0 Å². The second kappa shape index (κ2) is 10.4. The standard InChI is InChI=1S/C25H37N5O/c26-14-8-7-13-21(27)25(31)30-16-15-29-18-22(20-11-5-2-6-12-20)28-24(29)23(30)17-19-9-3-1-4-10-19/h2,5-6,11-12,18-19,21,23H,1,3-4,7-10,13-17,26-27H2/t21-,23-/m0/s1. The molecule has 4 N–H and O–H groups in total. The van der Waals surface area contributed by atoms with Crippen LogP contribution in [0, 0.1) is 5.92 Å². The van der Waals surface area contributed by atoms with Gasteiger partial charge >= 0.3 is 0 Å². The van der Waals surface area contributed by atoms with Gasteiger partial charge in [0.25, 0.3) is 0 Å². The summed E-state index contributed by atoms with van der Waals surface area (Å²) in [5.74, 6) is 1.76. The van der Waals surface area contributed by atoms with Crippen LogP contribution in [0.2, 0.25) is 0 Å². The molecule has 2 atom stereocenters.